The summed E-state index contributed by atoms with van der Waals surface area (Å²) < 4.78 is 23.1. The van der Waals surface area contributed by atoms with Gasteiger partial charge in [0, 0.05) is 13.2 Å². The highest BCUT2D eigenvalue weighted by molar-refractivity contribution is 6.09. The smallest absolute Gasteiger partial charge is 0.344 e. The summed E-state index contributed by atoms with van der Waals surface area (Å²) in [6, 6.07) is 12.7. The molecule has 0 saturated heterocycles. The Hall–Kier alpha value is -3.85. The Bertz CT molecular complexity index is 1300. The standard InChI is InChI=1S/C23H24N4O5/c1-13(12-29-2)32-23(28)19-20-22(26-16-8-6-5-7-15(16)25-20)27(21(19)24)17-10-9-14(30-3)11-18(17)31-4/h5-11,13H,12,24H2,1-4H3. The van der Waals surface area contributed by atoms with Gasteiger partial charge in [-0.1, -0.05) is 12.1 Å². The van der Waals surface area contributed by atoms with Crippen molar-refractivity contribution in [2.75, 3.05) is 33.7 Å². The summed E-state index contributed by atoms with van der Waals surface area (Å²) in [6.45, 7) is 2.00. The van der Waals surface area contributed by atoms with E-state index in [2.05, 4.69) is 4.98 Å². The molecule has 2 aromatic heterocycles. The van der Waals surface area contributed by atoms with Crippen LogP contribution < -0.4 is 15.2 Å². The van der Waals surface area contributed by atoms with Crippen molar-refractivity contribution >= 4 is 34.0 Å². The number of nitrogen functional groups attached to an aromatic ring is 1. The zero-order valence-corrected chi connectivity index (χ0v) is 18.3. The fraction of sp³-hybridized carbons (Fsp3) is 0.261. The SMILES string of the molecule is COCC(C)OC(=O)c1c(N)n(-c2ccc(OC)cc2OC)c2nc3ccccc3nc12. The van der Waals surface area contributed by atoms with Crippen LogP contribution in [0.4, 0.5) is 5.82 Å². The number of fused-ring (bicyclic) bond motifs is 2. The van der Waals surface area contributed by atoms with Gasteiger partial charge in [-0.05, 0) is 31.2 Å². The number of para-hydroxylation sites is 2. The van der Waals surface area contributed by atoms with Gasteiger partial charge in [-0.2, -0.15) is 0 Å². The van der Waals surface area contributed by atoms with Crippen molar-refractivity contribution in [3.05, 3.63) is 48.0 Å². The van der Waals surface area contributed by atoms with Gasteiger partial charge in [-0.25, -0.2) is 14.8 Å². The first-order valence-corrected chi connectivity index (χ1v) is 9.97. The quantitative estimate of drug-likeness (QED) is 0.439. The van der Waals surface area contributed by atoms with Crippen LogP contribution in [0, 0.1) is 0 Å². The maximum absolute atomic E-state index is 13.1. The summed E-state index contributed by atoms with van der Waals surface area (Å²) in [5, 5.41) is 0. The molecule has 0 spiro atoms. The predicted octanol–water partition coefficient (Wildman–Crippen LogP) is 3.36. The van der Waals surface area contributed by atoms with Crippen LogP contribution in [0.2, 0.25) is 0 Å². The number of benzene rings is 2. The van der Waals surface area contributed by atoms with E-state index < -0.39 is 12.1 Å². The molecule has 0 amide bonds. The van der Waals surface area contributed by atoms with Crippen LogP contribution in [0.5, 0.6) is 11.5 Å². The second kappa shape index (κ2) is 8.72. The predicted molar refractivity (Wildman–Crippen MR) is 121 cm³/mol. The third kappa shape index (κ3) is 3.67. The molecule has 0 aliphatic carbocycles. The summed E-state index contributed by atoms with van der Waals surface area (Å²) in [6.07, 6.45) is -0.464. The maximum atomic E-state index is 13.1. The van der Waals surface area contributed by atoms with E-state index in [9.17, 15) is 4.79 Å². The van der Waals surface area contributed by atoms with E-state index >= 15 is 0 Å². The first-order chi connectivity index (χ1) is 15.5. The normalized spacial score (nSPS) is 12.1. The minimum atomic E-state index is -0.604. The van der Waals surface area contributed by atoms with E-state index in [1.54, 1.807) is 43.9 Å². The van der Waals surface area contributed by atoms with Crippen LogP contribution in [0.1, 0.15) is 17.3 Å². The van der Waals surface area contributed by atoms with Gasteiger partial charge in [0.25, 0.3) is 0 Å². The molecule has 4 aromatic rings. The summed E-state index contributed by atoms with van der Waals surface area (Å²) in [5.74, 6) is 0.655. The van der Waals surface area contributed by atoms with E-state index in [1.165, 1.54) is 7.11 Å². The van der Waals surface area contributed by atoms with Gasteiger partial charge in [0.15, 0.2) is 5.65 Å². The number of rotatable bonds is 7. The van der Waals surface area contributed by atoms with Gasteiger partial charge in [-0.15, -0.1) is 0 Å². The van der Waals surface area contributed by atoms with Crippen LogP contribution in [0.15, 0.2) is 42.5 Å². The number of esters is 1. The topological polar surface area (TPSA) is 111 Å². The van der Waals surface area contributed by atoms with Crippen molar-refractivity contribution in [1.29, 1.82) is 0 Å². The number of aromatic nitrogens is 3. The lowest BCUT2D eigenvalue weighted by Crippen LogP contribution is -2.20. The van der Waals surface area contributed by atoms with Crippen LogP contribution in [-0.2, 0) is 9.47 Å². The third-order valence-electron chi connectivity index (χ3n) is 5.04. The number of nitrogens with zero attached hydrogens (tertiary/aromatic N) is 3. The molecule has 1 unspecified atom stereocenters. The molecule has 9 heteroatoms. The molecule has 0 radical (unpaired) electrons. The maximum Gasteiger partial charge on any atom is 0.344 e. The van der Waals surface area contributed by atoms with E-state index in [4.69, 9.17) is 29.7 Å². The van der Waals surface area contributed by atoms with Crippen molar-refractivity contribution in [3.63, 3.8) is 0 Å². The molecule has 0 aliphatic rings. The molecule has 2 aromatic carbocycles. The lowest BCUT2D eigenvalue weighted by molar-refractivity contribution is 0.0123. The van der Waals surface area contributed by atoms with Crippen LogP contribution in [-0.4, -0.2) is 54.5 Å². The zero-order chi connectivity index (χ0) is 22.8. The van der Waals surface area contributed by atoms with E-state index in [1.807, 2.05) is 24.3 Å². The first-order valence-electron chi connectivity index (χ1n) is 9.97. The Morgan fingerprint density at radius 2 is 1.78 bits per heavy atom. The second-order valence-electron chi connectivity index (χ2n) is 7.19. The number of hydrogen-bond acceptors (Lipinski definition) is 8. The largest absolute Gasteiger partial charge is 0.497 e. The van der Waals surface area contributed by atoms with Crippen LogP contribution in [0.3, 0.4) is 0 Å². The average Bonchev–Trinajstić information content (AvgIpc) is 3.07. The van der Waals surface area contributed by atoms with Crippen molar-refractivity contribution in [3.8, 4) is 17.2 Å². The molecule has 0 saturated carbocycles. The number of methoxy groups -OCH3 is 3. The number of hydrogen-bond donors (Lipinski definition) is 1. The lowest BCUT2D eigenvalue weighted by Gasteiger charge is -2.14. The van der Waals surface area contributed by atoms with Gasteiger partial charge in [0.2, 0.25) is 0 Å². The molecule has 2 N–H and O–H groups in total. The highest BCUT2D eigenvalue weighted by atomic mass is 16.6. The number of carbonyl (C=O) groups excluding carboxylic acids is 1. The summed E-state index contributed by atoms with van der Waals surface area (Å²) in [7, 11) is 4.65. The second-order valence-corrected chi connectivity index (χ2v) is 7.19. The lowest BCUT2D eigenvalue weighted by atomic mass is 10.2. The first kappa shape index (κ1) is 21.4. The van der Waals surface area contributed by atoms with E-state index in [0.717, 1.165) is 0 Å². The van der Waals surface area contributed by atoms with Gasteiger partial charge in [-0.3, -0.25) is 4.57 Å². The average molecular weight is 436 g/mol. The van der Waals surface area contributed by atoms with Gasteiger partial charge in [0.1, 0.15) is 34.5 Å². The number of anilines is 1. The Morgan fingerprint density at radius 1 is 1.06 bits per heavy atom. The number of carbonyl (C=O) groups is 1. The number of ether oxygens (including phenoxy) is 4. The van der Waals surface area contributed by atoms with E-state index in [0.29, 0.717) is 39.4 Å². The van der Waals surface area contributed by atoms with Gasteiger partial charge in [0.05, 0.1) is 37.5 Å². The Balaban J connectivity index is 2.00. The highest BCUT2D eigenvalue weighted by Crippen LogP contribution is 2.36. The van der Waals surface area contributed by atoms with Gasteiger partial charge >= 0.3 is 5.97 Å². The Labute approximate surface area is 184 Å². The minimum absolute atomic E-state index is 0.138. The van der Waals surface area contributed by atoms with Gasteiger partial charge < -0.3 is 24.7 Å². The van der Waals surface area contributed by atoms with Crippen molar-refractivity contribution in [1.82, 2.24) is 14.5 Å². The minimum Gasteiger partial charge on any atom is -0.497 e. The van der Waals surface area contributed by atoms with E-state index in [-0.39, 0.29) is 18.0 Å². The third-order valence-corrected chi connectivity index (χ3v) is 5.04. The fourth-order valence-electron chi connectivity index (χ4n) is 3.59. The Kier molecular flexibility index (Phi) is 5.83. The molecular weight excluding hydrogens is 412 g/mol. The molecule has 0 fully saturated rings. The molecule has 0 bridgehead atoms. The van der Waals surface area contributed by atoms with Crippen LogP contribution in [0.25, 0.3) is 27.9 Å². The number of nitrogens with two attached hydrogens (primary N) is 1. The molecular formula is C23H24N4O5. The fourth-order valence-corrected chi connectivity index (χ4v) is 3.59. The zero-order valence-electron chi connectivity index (χ0n) is 18.3. The highest BCUT2D eigenvalue weighted by Gasteiger charge is 2.28. The molecule has 1 atom stereocenters. The summed E-state index contributed by atoms with van der Waals surface area (Å²) >= 11 is 0. The molecule has 32 heavy (non-hydrogen) atoms. The van der Waals surface area contributed by atoms with Crippen LogP contribution >= 0.6 is 0 Å². The molecule has 166 valence electrons. The van der Waals surface area contributed by atoms with Crippen molar-refractivity contribution in [2.45, 2.75) is 13.0 Å². The van der Waals surface area contributed by atoms with Crippen molar-refractivity contribution < 1.29 is 23.7 Å². The monoisotopic (exact) mass is 436 g/mol. The summed E-state index contributed by atoms with van der Waals surface area (Å²) in [4.78, 5) is 22.6. The Morgan fingerprint density at radius 3 is 2.44 bits per heavy atom. The molecule has 9 nitrogen and oxygen atoms in total. The molecule has 0 aliphatic heterocycles. The van der Waals surface area contributed by atoms with Crippen molar-refractivity contribution in [2.24, 2.45) is 0 Å². The molecule has 4 rings (SSSR count). The summed E-state index contributed by atoms with van der Waals surface area (Å²) in [5.41, 5.74) is 9.30. The molecule has 2 heterocycles.